The summed E-state index contributed by atoms with van der Waals surface area (Å²) in [5, 5.41) is 12.7. The topological polar surface area (TPSA) is 81.4 Å². The number of nitrogens with zero attached hydrogens (tertiary/aromatic N) is 2. The van der Waals surface area contributed by atoms with Crippen LogP contribution in [0.2, 0.25) is 0 Å². The molecule has 0 fully saturated rings. The number of hydrogen-bond donors (Lipinski definition) is 1. The molecule has 0 spiro atoms. The van der Waals surface area contributed by atoms with E-state index in [4.69, 9.17) is 9.84 Å². The molecule has 6 nitrogen and oxygen atoms in total. The summed E-state index contributed by atoms with van der Waals surface area (Å²) in [5.74, 6) is -0.454. The molecular weight excluding hydrogens is 296 g/mol. The van der Waals surface area contributed by atoms with Crippen LogP contribution < -0.4 is 4.74 Å². The fraction of sp³-hybridized carbons (Fsp3) is 0.235. The molecule has 0 radical (unpaired) electrons. The highest BCUT2D eigenvalue weighted by molar-refractivity contribution is 6.07. The van der Waals surface area contributed by atoms with Gasteiger partial charge in [-0.05, 0) is 30.7 Å². The number of aryl methyl sites for hydroxylation is 2. The van der Waals surface area contributed by atoms with Crippen LogP contribution in [0.15, 0.2) is 36.5 Å². The maximum absolute atomic E-state index is 12.1. The summed E-state index contributed by atoms with van der Waals surface area (Å²) in [5.41, 5.74) is 2.05. The Morgan fingerprint density at radius 1 is 1.39 bits per heavy atom. The number of ether oxygens (including phenoxy) is 1. The lowest BCUT2D eigenvalue weighted by Crippen LogP contribution is -2.04. The van der Waals surface area contributed by atoms with Gasteiger partial charge < -0.3 is 9.84 Å². The Labute approximate surface area is 134 Å². The number of carboxylic acids is 1. The van der Waals surface area contributed by atoms with Crippen LogP contribution in [0.5, 0.6) is 5.75 Å². The summed E-state index contributed by atoms with van der Waals surface area (Å²) in [4.78, 5) is 22.6. The van der Waals surface area contributed by atoms with Gasteiger partial charge in [-0.25, -0.2) is 0 Å². The van der Waals surface area contributed by atoms with Crippen molar-refractivity contribution in [1.29, 1.82) is 0 Å². The van der Waals surface area contributed by atoms with E-state index in [0.717, 1.165) is 5.56 Å². The summed E-state index contributed by atoms with van der Waals surface area (Å²) < 4.78 is 6.96. The summed E-state index contributed by atoms with van der Waals surface area (Å²) in [6.45, 7) is 1.90. The second-order valence-corrected chi connectivity index (χ2v) is 5.06. The third-order valence-corrected chi connectivity index (χ3v) is 3.15. The average Bonchev–Trinajstić information content (AvgIpc) is 2.84. The predicted molar refractivity (Wildman–Crippen MR) is 85.5 cm³/mol. The van der Waals surface area contributed by atoms with E-state index in [1.165, 1.54) is 6.08 Å². The summed E-state index contributed by atoms with van der Waals surface area (Å²) >= 11 is 0. The van der Waals surface area contributed by atoms with Gasteiger partial charge in [-0.3, -0.25) is 14.3 Å². The van der Waals surface area contributed by atoms with E-state index in [2.05, 4.69) is 5.10 Å². The van der Waals surface area contributed by atoms with E-state index >= 15 is 0 Å². The fourth-order valence-electron chi connectivity index (χ4n) is 2.07. The molecular formula is C17H18N2O4. The van der Waals surface area contributed by atoms with Crippen molar-refractivity contribution in [2.45, 2.75) is 13.3 Å². The van der Waals surface area contributed by atoms with Crippen LogP contribution >= 0.6 is 0 Å². The van der Waals surface area contributed by atoms with Gasteiger partial charge in [-0.2, -0.15) is 5.10 Å². The number of carbonyl (C=O) groups excluding carboxylic acids is 1. The predicted octanol–water partition coefficient (Wildman–Crippen LogP) is 2.48. The summed E-state index contributed by atoms with van der Waals surface area (Å²) in [6.07, 6.45) is 4.81. The Morgan fingerprint density at radius 3 is 2.83 bits per heavy atom. The molecule has 2 aromatic rings. The molecule has 0 saturated heterocycles. The molecule has 6 heteroatoms. The fourth-order valence-corrected chi connectivity index (χ4v) is 2.07. The number of benzene rings is 1. The number of rotatable bonds is 7. The lowest BCUT2D eigenvalue weighted by atomic mass is 10.1. The third kappa shape index (κ3) is 4.81. The van der Waals surface area contributed by atoms with Crippen LogP contribution in [0.25, 0.3) is 6.08 Å². The highest BCUT2D eigenvalue weighted by atomic mass is 16.5. The van der Waals surface area contributed by atoms with E-state index in [9.17, 15) is 9.59 Å². The zero-order valence-corrected chi connectivity index (χ0v) is 13.0. The molecule has 120 valence electrons. The molecule has 0 aliphatic heterocycles. The second-order valence-electron chi connectivity index (χ2n) is 5.06. The molecule has 1 N–H and O–H groups in total. The van der Waals surface area contributed by atoms with E-state index in [0.29, 0.717) is 17.0 Å². The van der Waals surface area contributed by atoms with Crippen molar-refractivity contribution >= 4 is 17.8 Å². The van der Waals surface area contributed by atoms with E-state index in [-0.39, 0.29) is 18.8 Å². The van der Waals surface area contributed by atoms with Gasteiger partial charge in [0.05, 0.1) is 24.3 Å². The lowest BCUT2D eigenvalue weighted by molar-refractivity contribution is -0.137. The molecule has 2 rings (SSSR count). The van der Waals surface area contributed by atoms with Crippen LogP contribution in [-0.2, 0) is 11.8 Å². The Kier molecular flexibility index (Phi) is 5.30. The van der Waals surface area contributed by atoms with Crippen LogP contribution in [-0.4, -0.2) is 33.2 Å². The zero-order valence-electron chi connectivity index (χ0n) is 13.0. The number of carboxylic acid groups (broad SMARTS) is 1. The van der Waals surface area contributed by atoms with E-state index < -0.39 is 5.97 Å². The Balaban J connectivity index is 2.03. The number of allylic oxidation sites excluding steroid dienone is 1. The molecule has 0 atom stereocenters. The first-order chi connectivity index (χ1) is 11.0. The molecule has 0 aliphatic rings. The quantitative estimate of drug-likeness (QED) is 0.627. The van der Waals surface area contributed by atoms with Gasteiger partial charge in [-0.1, -0.05) is 18.2 Å². The number of ketones is 1. The second kappa shape index (κ2) is 7.40. The number of hydrogen-bond acceptors (Lipinski definition) is 4. The normalized spacial score (nSPS) is 10.9. The molecule has 23 heavy (non-hydrogen) atoms. The monoisotopic (exact) mass is 314 g/mol. The Hall–Kier alpha value is -2.89. The molecule has 0 aliphatic carbocycles. The van der Waals surface area contributed by atoms with Crippen molar-refractivity contribution in [3.05, 3.63) is 53.4 Å². The van der Waals surface area contributed by atoms with Gasteiger partial charge in [0.15, 0.2) is 5.78 Å². The van der Waals surface area contributed by atoms with Gasteiger partial charge in [0.2, 0.25) is 0 Å². The molecule has 1 aromatic carbocycles. The lowest BCUT2D eigenvalue weighted by Gasteiger charge is -2.04. The van der Waals surface area contributed by atoms with Crippen molar-refractivity contribution in [1.82, 2.24) is 9.78 Å². The van der Waals surface area contributed by atoms with Crippen LogP contribution in [0.4, 0.5) is 0 Å². The van der Waals surface area contributed by atoms with E-state index in [1.807, 2.05) is 6.07 Å². The minimum absolute atomic E-state index is 0.0567. The zero-order chi connectivity index (χ0) is 16.8. The first kappa shape index (κ1) is 16.5. The summed E-state index contributed by atoms with van der Waals surface area (Å²) in [7, 11) is 1.77. The van der Waals surface area contributed by atoms with Crippen molar-refractivity contribution in [2.24, 2.45) is 7.05 Å². The van der Waals surface area contributed by atoms with Crippen LogP contribution in [0.3, 0.4) is 0 Å². The molecule has 0 saturated carbocycles. The maximum atomic E-state index is 12.1. The van der Waals surface area contributed by atoms with Gasteiger partial charge in [0, 0.05) is 13.2 Å². The molecule has 0 unspecified atom stereocenters. The SMILES string of the molecule is Cc1nn(C)cc1C(=O)C=Cc1cccc(OCCC(=O)O)c1. The standard InChI is InChI=1S/C17H18N2O4/c1-12-15(11-19(2)18-12)16(20)7-6-13-4-3-5-14(10-13)23-9-8-17(21)22/h3-7,10-11H,8-9H2,1-2H3,(H,21,22). The molecule has 1 heterocycles. The first-order valence-corrected chi connectivity index (χ1v) is 7.13. The summed E-state index contributed by atoms with van der Waals surface area (Å²) in [6, 6.07) is 7.12. The Bertz CT molecular complexity index is 747. The maximum Gasteiger partial charge on any atom is 0.306 e. The van der Waals surface area contributed by atoms with Crippen LogP contribution in [0, 0.1) is 6.92 Å². The van der Waals surface area contributed by atoms with Gasteiger partial charge in [0.25, 0.3) is 0 Å². The van der Waals surface area contributed by atoms with Gasteiger partial charge in [-0.15, -0.1) is 0 Å². The molecule has 1 aromatic heterocycles. The highest BCUT2D eigenvalue weighted by Crippen LogP contribution is 2.15. The molecule has 0 amide bonds. The largest absolute Gasteiger partial charge is 0.493 e. The van der Waals surface area contributed by atoms with Gasteiger partial charge in [0.1, 0.15) is 5.75 Å². The number of carbonyl (C=O) groups is 2. The average molecular weight is 314 g/mol. The molecule has 0 bridgehead atoms. The smallest absolute Gasteiger partial charge is 0.306 e. The van der Waals surface area contributed by atoms with Crippen molar-refractivity contribution < 1.29 is 19.4 Å². The minimum Gasteiger partial charge on any atom is -0.493 e. The van der Waals surface area contributed by atoms with Crippen molar-refractivity contribution in [2.75, 3.05) is 6.61 Å². The Morgan fingerprint density at radius 2 is 2.17 bits per heavy atom. The van der Waals surface area contributed by atoms with Crippen molar-refractivity contribution in [3.8, 4) is 5.75 Å². The van der Waals surface area contributed by atoms with E-state index in [1.54, 1.807) is 49.1 Å². The highest BCUT2D eigenvalue weighted by Gasteiger charge is 2.09. The first-order valence-electron chi connectivity index (χ1n) is 7.13. The van der Waals surface area contributed by atoms with Crippen molar-refractivity contribution in [3.63, 3.8) is 0 Å². The third-order valence-electron chi connectivity index (χ3n) is 3.15. The van der Waals surface area contributed by atoms with Crippen LogP contribution in [0.1, 0.15) is 28.0 Å². The minimum atomic E-state index is -0.904. The van der Waals surface area contributed by atoms with Gasteiger partial charge >= 0.3 is 5.97 Å². The number of aromatic nitrogens is 2. The number of aliphatic carboxylic acids is 1.